The summed E-state index contributed by atoms with van der Waals surface area (Å²) in [6, 6.07) is 23.7. The van der Waals surface area contributed by atoms with Crippen LogP contribution in [0.4, 0.5) is 13.2 Å². The summed E-state index contributed by atoms with van der Waals surface area (Å²) in [6.07, 6.45) is -2.14. The molecule has 4 aromatic rings. The predicted molar refractivity (Wildman–Crippen MR) is 120 cm³/mol. The molecule has 0 atom stereocenters. The first-order valence-corrected chi connectivity index (χ1v) is 11.5. The third kappa shape index (κ3) is 5.59. The van der Waals surface area contributed by atoms with Gasteiger partial charge in [-0.2, -0.15) is 22.9 Å². The van der Waals surface area contributed by atoms with Crippen molar-refractivity contribution in [3.63, 3.8) is 0 Å². The summed E-state index contributed by atoms with van der Waals surface area (Å²) in [5.41, 5.74) is 1.97. The first-order chi connectivity index (χ1) is 16.2. The molecular weight excluding hydrogens is 467 g/mol. The van der Waals surface area contributed by atoms with Gasteiger partial charge in [-0.1, -0.05) is 84.0 Å². The molecule has 0 aliphatic heterocycles. The number of aromatic nitrogens is 2. The number of hydrogen-bond acceptors (Lipinski definition) is 5. The van der Waals surface area contributed by atoms with Gasteiger partial charge in [-0.15, -0.1) is 0 Å². The van der Waals surface area contributed by atoms with Gasteiger partial charge in [-0.25, -0.2) is 8.42 Å². The molecule has 10 heteroatoms. The predicted octanol–water partition coefficient (Wildman–Crippen LogP) is 5.33. The molecule has 0 aliphatic rings. The Balaban J connectivity index is 1.60. The molecule has 1 heterocycles. The van der Waals surface area contributed by atoms with Gasteiger partial charge >= 0.3 is 12.1 Å². The maximum Gasteiger partial charge on any atom is 0.471 e. The highest BCUT2D eigenvalue weighted by Gasteiger charge is 2.38. The van der Waals surface area contributed by atoms with Crippen LogP contribution in [0.15, 0.2) is 94.3 Å². The van der Waals surface area contributed by atoms with Crippen molar-refractivity contribution < 1.29 is 26.1 Å². The average Bonchev–Trinajstić information content (AvgIpc) is 3.33. The van der Waals surface area contributed by atoms with Crippen LogP contribution in [-0.4, -0.2) is 18.6 Å². The van der Waals surface area contributed by atoms with Crippen molar-refractivity contribution in [3.05, 3.63) is 113 Å². The van der Waals surface area contributed by atoms with Crippen LogP contribution in [0.1, 0.15) is 34.4 Å². The Labute approximate surface area is 193 Å². The highest BCUT2D eigenvalue weighted by Crippen LogP contribution is 2.28. The van der Waals surface area contributed by atoms with E-state index in [4.69, 9.17) is 0 Å². The number of hydrogen-bond donors (Lipinski definition) is 1. The average molecular weight is 485 g/mol. The fourth-order valence-electron chi connectivity index (χ4n) is 3.22. The van der Waals surface area contributed by atoms with Crippen LogP contribution < -0.4 is 4.72 Å². The highest BCUT2D eigenvalue weighted by molar-refractivity contribution is 7.89. The van der Waals surface area contributed by atoms with E-state index >= 15 is 0 Å². The molecule has 0 unspecified atom stereocenters. The highest BCUT2D eigenvalue weighted by atomic mass is 32.2. The van der Waals surface area contributed by atoms with E-state index in [1.54, 1.807) is 6.07 Å². The van der Waals surface area contributed by atoms with Crippen molar-refractivity contribution in [2.75, 3.05) is 0 Å². The minimum Gasteiger partial charge on any atom is -0.329 e. The van der Waals surface area contributed by atoms with E-state index in [1.165, 1.54) is 30.4 Å². The van der Waals surface area contributed by atoms with Crippen LogP contribution >= 0.6 is 0 Å². The van der Waals surface area contributed by atoms with Gasteiger partial charge in [0, 0.05) is 0 Å². The van der Waals surface area contributed by atoms with Crippen LogP contribution in [0.2, 0.25) is 0 Å². The zero-order valence-electron chi connectivity index (χ0n) is 17.5. The van der Waals surface area contributed by atoms with Crippen LogP contribution in [0.3, 0.4) is 0 Å². The summed E-state index contributed by atoms with van der Waals surface area (Å²) in [7, 11) is -3.96. The molecule has 4 rings (SSSR count). The van der Waals surface area contributed by atoms with Crippen molar-refractivity contribution in [2.45, 2.75) is 17.1 Å². The smallest absolute Gasteiger partial charge is 0.329 e. The first-order valence-electron chi connectivity index (χ1n) is 10.0. The lowest BCUT2D eigenvalue weighted by Gasteiger charge is -2.20. The van der Waals surface area contributed by atoms with E-state index in [1.807, 2.05) is 60.7 Å². The Morgan fingerprint density at radius 3 is 2.03 bits per heavy atom. The van der Waals surface area contributed by atoms with Crippen LogP contribution in [0.5, 0.6) is 0 Å². The molecule has 1 N–H and O–H groups in total. The number of rotatable bonds is 7. The van der Waals surface area contributed by atoms with Crippen molar-refractivity contribution in [3.8, 4) is 0 Å². The number of benzene rings is 3. The van der Waals surface area contributed by atoms with Crippen molar-refractivity contribution in [1.29, 1.82) is 0 Å². The van der Waals surface area contributed by atoms with E-state index in [9.17, 15) is 21.6 Å². The minimum absolute atomic E-state index is 0.00407. The van der Waals surface area contributed by atoms with Crippen LogP contribution in [0.25, 0.3) is 12.2 Å². The van der Waals surface area contributed by atoms with Gasteiger partial charge in [0.25, 0.3) is 0 Å². The Morgan fingerprint density at radius 2 is 1.47 bits per heavy atom. The fourth-order valence-corrected chi connectivity index (χ4v) is 4.48. The Bertz CT molecular complexity index is 1350. The molecule has 0 bridgehead atoms. The van der Waals surface area contributed by atoms with Gasteiger partial charge in [-0.3, -0.25) is 0 Å². The number of sulfonamides is 1. The van der Waals surface area contributed by atoms with Crippen molar-refractivity contribution in [1.82, 2.24) is 14.9 Å². The van der Waals surface area contributed by atoms with Crippen LogP contribution in [0, 0.1) is 0 Å². The molecule has 0 saturated heterocycles. The molecule has 6 nitrogen and oxygen atoms in total. The van der Waals surface area contributed by atoms with E-state index in [0.717, 1.165) is 11.1 Å². The molecule has 0 aliphatic carbocycles. The topological polar surface area (TPSA) is 85.1 Å². The van der Waals surface area contributed by atoms with Gasteiger partial charge < -0.3 is 4.52 Å². The van der Waals surface area contributed by atoms with Gasteiger partial charge in [0.2, 0.25) is 10.0 Å². The molecule has 3 aromatic carbocycles. The summed E-state index contributed by atoms with van der Waals surface area (Å²) in [6.45, 7) is 0. The van der Waals surface area contributed by atoms with Gasteiger partial charge in [0.1, 0.15) is 0 Å². The Kier molecular flexibility index (Phi) is 6.62. The second-order valence-corrected chi connectivity index (χ2v) is 8.95. The zero-order valence-corrected chi connectivity index (χ0v) is 18.3. The van der Waals surface area contributed by atoms with Gasteiger partial charge in [0.05, 0.1) is 10.9 Å². The third-order valence-corrected chi connectivity index (χ3v) is 6.24. The molecule has 1 aromatic heterocycles. The lowest BCUT2D eigenvalue weighted by Crippen LogP contribution is -2.29. The standard InChI is InChI=1S/C24H18F3N3O3S/c25-24(26,27)23-28-21(29-33-23)15-14-17-8-7-13-20(16-17)34(31,32)30-22(18-9-3-1-4-10-18)19-11-5-2-6-12-19/h1-16,22,30H. The Hall–Kier alpha value is -3.76. The SMILES string of the molecule is O=S(=O)(NC(c1ccccc1)c1ccccc1)c1cccc(C=Cc2noc(C(F)(F)F)n2)c1. The van der Waals surface area contributed by atoms with E-state index in [2.05, 4.69) is 19.4 Å². The molecule has 0 amide bonds. The van der Waals surface area contributed by atoms with Crippen molar-refractivity contribution in [2.24, 2.45) is 0 Å². The van der Waals surface area contributed by atoms with Crippen LogP contribution in [-0.2, 0) is 16.2 Å². The molecular formula is C24H18F3N3O3S. The molecule has 0 radical (unpaired) electrons. The lowest BCUT2D eigenvalue weighted by molar-refractivity contribution is -0.159. The maximum atomic E-state index is 13.2. The second kappa shape index (κ2) is 9.62. The summed E-state index contributed by atoms with van der Waals surface area (Å²) in [5.74, 6) is -1.74. The van der Waals surface area contributed by atoms with E-state index < -0.39 is 28.1 Å². The quantitative estimate of drug-likeness (QED) is 0.383. The largest absolute Gasteiger partial charge is 0.471 e. The monoisotopic (exact) mass is 485 g/mol. The molecule has 0 saturated carbocycles. The normalized spacial score (nSPS) is 12.5. The third-order valence-electron chi connectivity index (χ3n) is 4.82. The van der Waals surface area contributed by atoms with E-state index in [0.29, 0.717) is 5.56 Å². The minimum atomic E-state index is -4.74. The number of nitrogens with one attached hydrogen (secondary N) is 1. The first kappa shape index (κ1) is 23.4. The fraction of sp³-hybridized carbons (Fsp3) is 0.0833. The molecule has 0 fully saturated rings. The van der Waals surface area contributed by atoms with Gasteiger partial charge in [-0.05, 0) is 34.9 Å². The zero-order chi connectivity index (χ0) is 24.2. The number of halogens is 3. The lowest BCUT2D eigenvalue weighted by atomic mass is 10.00. The maximum absolute atomic E-state index is 13.2. The summed E-state index contributed by atoms with van der Waals surface area (Å²) >= 11 is 0. The summed E-state index contributed by atoms with van der Waals surface area (Å²) in [5, 5.41) is 3.25. The van der Waals surface area contributed by atoms with E-state index in [-0.39, 0.29) is 10.7 Å². The number of nitrogens with zero attached hydrogens (tertiary/aromatic N) is 2. The number of alkyl halides is 3. The van der Waals surface area contributed by atoms with Crippen molar-refractivity contribution >= 4 is 22.2 Å². The molecule has 174 valence electrons. The molecule has 34 heavy (non-hydrogen) atoms. The Morgan fingerprint density at radius 1 is 0.853 bits per heavy atom. The summed E-state index contributed by atoms with van der Waals surface area (Å²) < 4.78 is 71.2. The summed E-state index contributed by atoms with van der Waals surface area (Å²) in [4.78, 5) is 3.25. The molecule has 0 spiro atoms. The van der Waals surface area contributed by atoms with Gasteiger partial charge in [0.15, 0.2) is 5.82 Å². The second-order valence-electron chi connectivity index (χ2n) is 7.24.